The Hall–Kier alpha value is -2.79. The second-order valence-electron chi connectivity index (χ2n) is 9.19. The number of hydrogen-bond acceptors (Lipinski definition) is 4. The van der Waals surface area contributed by atoms with Gasteiger partial charge in [0.05, 0.1) is 17.4 Å². The molecule has 2 amide bonds. The van der Waals surface area contributed by atoms with Gasteiger partial charge < -0.3 is 9.64 Å². The number of amides is 2. The Kier molecular flexibility index (Phi) is 6.29. The molecule has 1 saturated heterocycles. The molecule has 0 radical (unpaired) electrons. The first kappa shape index (κ1) is 22.4. The first-order chi connectivity index (χ1) is 15.2. The number of rotatable bonds is 5. The Morgan fingerprint density at radius 1 is 0.969 bits per heavy atom. The van der Waals surface area contributed by atoms with Crippen molar-refractivity contribution in [2.24, 2.45) is 11.8 Å². The van der Waals surface area contributed by atoms with Gasteiger partial charge in [-0.05, 0) is 68.0 Å². The summed E-state index contributed by atoms with van der Waals surface area (Å²) in [6, 6.07) is 14.3. The van der Waals surface area contributed by atoms with Gasteiger partial charge in [0.1, 0.15) is 11.4 Å². The normalized spacial score (nSPS) is 21.7. The molecular formula is C26H29ClN2O3. The lowest BCUT2D eigenvalue weighted by atomic mass is 9.91. The van der Waals surface area contributed by atoms with E-state index < -0.39 is 0 Å². The highest BCUT2D eigenvalue weighted by Crippen LogP contribution is 2.38. The third kappa shape index (κ3) is 4.40. The summed E-state index contributed by atoms with van der Waals surface area (Å²) in [7, 11) is 0. The molecule has 2 heterocycles. The maximum atomic E-state index is 13.7. The number of carbonyl (C=O) groups excluding carboxylic acids is 2. The molecule has 5 nitrogen and oxygen atoms in total. The predicted molar refractivity (Wildman–Crippen MR) is 128 cm³/mol. The van der Waals surface area contributed by atoms with Gasteiger partial charge in [-0.2, -0.15) is 0 Å². The number of halogens is 1. The van der Waals surface area contributed by atoms with Crippen molar-refractivity contribution in [1.82, 2.24) is 4.90 Å². The maximum absolute atomic E-state index is 13.7. The van der Waals surface area contributed by atoms with Crippen molar-refractivity contribution in [3.8, 4) is 5.75 Å². The lowest BCUT2D eigenvalue weighted by Crippen LogP contribution is -2.42. The average Bonchev–Trinajstić information content (AvgIpc) is 2.97. The zero-order valence-corrected chi connectivity index (χ0v) is 19.7. The fourth-order valence-corrected chi connectivity index (χ4v) is 4.92. The molecule has 0 spiro atoms. The van der Waals surface area contributed by atoms with Crippen LogP contribution in [0.25, 0.3) is 5.57 Å². The molecule has 0 bridgehead atoms. The van der Waals surface area contributed by atoms with Gasteiger partial charge in [0, 0.05) is 18.1 Å². The monoisotopic (exact) mass is 452 g/mol. The number of hydrogen-bond donors (Lipinski definition) is 0. The van der Waals surface area contributed by atoms with Crippen molar-refractivity contribution in [1.29, 1.82) is 0 Å². The Morgan fingerprint density at radius 3 is 2.22 bits per heavy atom. The van der Waals surface area contributed by atoms with E-state index in [1.807, 2.05) is 38.1 Å². The van der Waals surface area contributed by atoms with E-state index in [9.17, 15) is 9.59 Å². The van der Waals surface area contributed by atoms with Crippen molar-refractivity contribution < 1.29 is 14.3 Å². The lowest BCUT2D eigenvalue weighted by molar-refractivity contribution is -0.120. The van der Waals surface area contributed by atoms with Crippen molar-refractivity contribution in [3.05, 3.63) is 64.8 Å². The van der Waals surface area contributed by atoms with E-state index in [2.05, 4.69) is 18.7 Å². The van der Waals surface area contributed by atoms with Gasteiger partial charge in [-0.1, -0.05) is 43.6 Å². The van der Waals surface area contributed by atoms with E-state index in [4.69, 9.17) is 16.3 Å². The summed E-state index contributed by atoms with van der Waals surface area (Å²) in [5.74, 6) is 0.996. The number of anilines is 1. The zero-order valence-electron chi connectivity index (χ0n) is 19.0. The number of piperidine rings is 1. The van der Waals surface area contributed by atoms with E-state index in [1.54, 1.807) is 24.3 Å². The van der Waals surface area contributed by atoms with Crippen LogP contribution in [0.4, 0.5) is 5.69 Å². The van der Waals surface area contributed by atoms with Gasteiger partial charge in [0.15, 0.2) is 0 Å². The van der Waals surface area contributed by atoms with Crippen molar-refractivity contribution in [2.75, 3.05) is 18.0 Å². The Bertz CT molecular complexity index is 1050. The Morgan fingerprint density at radius 2 is 1.62 bits per heavy atom. The number of nitrogens with zero attached hydrogens (tertiary/aromatic N) is 2. The molecule has 1 fully saturated rings. The van der Waals surface area contributed by atoms with Gasteiger partial charge >= 0.3 is 0 Å². The summed E-state index contributed by atoms with van der Waals surface area (Å²) in [5.41, 5.74) is 2.11. The lowest BCUT2D eigenvalue weighted by Gasteiger charge is -2.37. The summed E-state index contributed by atoms with van der Waals surface area (Å²) in [6.07, 6.45) is 1.17. The van der Waals surface area contributed by atoms with Crippen LogP contribution in [0, 0.1) is 11.8 Å². The fourth-order valence-electron chi connectivity index (χ4n) is 4.74. The Balaban J connectivity index is 1.79. The van der Waals surface area contributed by atoms with E-state index in [1.165, 1.54) is 4.90 Å². The summed E-state index contributed by atoms with van der Waals surface area (Å²) >= 11 is 6.17. The molecule has 0 aromatic heterocycles. The van der Waals surface area contributed by atoms with Crippen LogP contribution >= 0.6 is 11.6 Å². The quantitative estimate of drug-likeness (QED) is 0.571. The molecule has 2 atom stereocenters. The molecule has 2 aromatic rings. The van der Waals surface area contributed by atoms with Crippen LogP contribution in [0.3, 0.4) is 0 Å². The summed E-state index contributed by atoms with van der Waals surface area (Å²) in [5, 5.41) is 0.480. The average molecular weight is 453 g/mol. The molecule has 0 N–H and O–H groups in total. The number of benzene rings is 2. The third-order valence-corrected chi connectivity index (χ3v) is 6.06. The highest BCUT2D eigenvalue weighted by Gasteiger charge is 2.43. The molecule has 0 aliphatic carbocycles. The first-order valence-electron chi connectivity index (χ1n) is 11.1. The number of imide groups is 1. The standard InChI is InChI=1S/C26H29ClN2O3/c1-16(2)32-22-10-8-19(9-11-22)23-24(28-14-17(3)12-18(4)15-28)26(31)29(25(23)30)21-7-5-6-20(27)13-21/h5-11,13,16-18H,12,14-15H2,1-4H3. The van der Waals surface area contributed by atoms with Gasteiger partial charge in [0.25, 0.3) is 11.8 Å². The van der Waals surface area contributed by atoms with Gasteiger partial charge in [-0.25, -0.2) is 4.90 Å². The van der Waals surface area contributed by atoms with Crippen molar-refractivity contribution in [2.45, 2.75) is 40.2 Å². The van der Waals surface area contributed by atoms with Crippen LogP contribution in [-0.2, 0) is 9.59 Å². The minimum Gasteiger partial charge on any atom is -0.491 e. The van der Waals surface area contributed by atoms with E-state index >= 15 is 0 Å². The second kappa shape index (κ2) is 8.99. The molecule has 2 aliphatic heterocycles. The van der Waals surface area contributed by atoms with Crippen LogP contribution in [0.5, 0.6) is 5.75 Å². The number of ether oxygens (including phenoxy) is 1. The summed E-state index contributed by atoms with van der Waals surface area (Å²) < 4.78 is 5.75. The van der Waals surface area contributed by atoms with Crippen LogP contribution in [0.2, 0.25) is 5.02 Å². The van der Waals surface area contributed by atoms with E-state index in [0.29, 0.717) is 39.4 Å². The molecule has 4 rings (SSSR count). The highest BCUT2D eigenvalue weighted by molar-refractivity contribution is 6.45. The smallest absolute Gasteiger partial charge is 0.282 e. The minimum atomic E-state index is -0.323. The number of likely N-dealkylation sites (tertiary alicyclic amines) is 1. The molecule has 2 aromatic carbocycles. The van der Waals surface area contributed by atoms with E-state index in [-0.39, 0.29) is 17.9 Å². The van der Waals surface area contributed by atoms with Crippen LogP contribution < -0.4 is 9.64 Å². The van der Waals surface area contributed by atoms with Gasteiger partial charge in [0.2, 0.25) is 0 Å². The second-order valence-corrected chi connectivity index (χ2v) is 9.63. The summed E-state index contributed by atoms with van der Waals surface area (Å²) in [4.78, 5) is 30.7. The molecule has 2 unspecified atom stereocenters. The largest absolute Gasteiger partial charge is 0.491 e. The van der Waals surface area contributed by atoms with Crippen LogP contribution in [0.1, 0.15) is 39.7 Å². The predicted octanol–water partition coefficient (Wildman–Crippen LogP) is 5.39. The van der Waals surface area contributed by atoms with Gasteiger partial charge in [-0.15, -0.1) is 0 Å². The maximum Gasteiger partial charge on any atom is 0.282 e. The molecule has 32 heavy (non-hydrogen) atoms. The third-order valence-electron chi connectivity index (χ3n) is 5.83. The SMILES string of the molecule is CC1CC(C)CN(C2=C(c3ccc(OC(C)C)cc3)C(=O)N(c3cccc(Cl)c3)C2=O)C1. The van der Waals surface area contributed by atoms with Crippen LogP contribution in [0.15, 0.2) is 54.2 Å². The van der Waals surface area contributed by atoms with Crippen molar-refractivity contribution >= 4 is 34.7 Å². The minimum absolute atomic E-state index is 0.0555. The highest BCUT2D eigenvalue weighted by atomic mass is 35.5. The Labute approximate surface area is 194 Å². The van der Waals surface area contributed by atoms with Crippen LogP contribution in [-0.4, -0.2) is 35.9 Å². The first-order valence-corrected chi connectivity index (χ1v) is 11.5. The molecular weight excluding hydrogens is 424 g/mol. The molecule has 168 valence electrons. The fraction of sp³-hybridized carbons (Fsp3) is 0.385. The number of carbonyl (C=O) groups is 2. The van der Waals surface area contributed by atoms with Crippen molar-refractivity contribution in [3.63, 3.8) is 0 Å². The van der Waals surface area contributed by atoms with E-state index in [0.717, 1.165) is 25.3 Å². The van der Waals surface area contributed by atoms with Gasteiger partial charge in [-0.3, -0.25) is 9.59 Å². The molecule has 6 heteroatoms. The molecule has 2 aliphatic rings. The molecule has 0 saturated carbocycles. The summed E-state index contributed by atoms with van der Waals surface area (Å²) in [6.45, 7) is 9.82. The zero-order chi connectivity index (χ0) is 23.0. The topological polar surface area (TPSA) is 49.9 Å².